The molecule has 196 valence electrons. The third-order valence-corrected chi connectivity index (χ3v) is 7.17. The molecule has 1 aromatic heterocycles. The Labute approximate surface area is 222 Å². The largest absolute Gasteiger partial charge is 0.497 e. The van der Waals surface area contributed by atoms with Gasteiger partial charge in [0.05, 0.1) is 18.5 Å². The highest BCUT2D eigenvalue weighted by Crippen LogP contribution is 2.33. The standard InChI is InChI=1S/C29H35N3O4S/c1-7-29(4,5)31-28(35)26(21-10-8-11-22(17-21)36-6)32(23-16-19(2)13-14-20(23)3)25(33)18-30-27(34)24-12-9-15-37-24/h8-17,26H,7,18H2,1-6H3,(H,30,34)(H,31,35). The molecule has 1 heterocycles. The molecule has 0 fully saturated rings. The zero-order valence-electron chi connectivity index (χ0n) is 22.3. The molecule has 2 aromatic carbocycles. The summed E-state index contributed by atoms with van der Waals surface area (Å²) in [6, 6.07) is 15.4. The smallest absolute Gasteiger partial charge is 0.261 e. The van der Waals surface area contributed by atoms with Gasteiger partial charge < -0.3 is 15.4 Å². The van der Waals surface area contributed by atoms with Gasteiger partial charge in [0.1, 0.15) is 11.8 Å². The average molecular weight is 522 g/mol. The second-order valence-electron chi connectivity index (χ2n) is 9.62. The Hall–Kier alpha value is -3.65. The molecule has 2 N–H and O–H groups in total. The first-order valence-corrected chi connectivity index (χ1v) is 13.1. The summed E-state index contributed by atoms with van der Waals surface area (Å²) >= 11 is 1.30. The number of amides is 3. The van der Waals surface area contributed by atoms with Crippen molar-refractivity contribution in [3.05, 3.63) is 81.5 Å². The molecule has 8 heteroatoms. The number of hydrogen-bond donors (Lipinski definition) is 2. The molecule has 3 aromatic rings. The summed E-state index contributed by atoms with van der Waals surface area (Å²) in [5.74, 6) is -0.488. The number of nitrogens with zero attached hydrogens (tertiary/aromatic N) is 1. The summed E-state index contributed by atoms with van der Waals surface area (Å²) in [5.41, 5.74) is 2.49. The van der Waals surface area contributed by atoms with Crippen molar-refractivity contribution in [3.63, 3.8) is 0 Å². The minimum atomic E-state index is -0.993. The molecule has 0 saturated carbocycles. The minimum absolute atomic E-state index is 0.269. The van der Waals surface area contributed by atoms with Crippen molar-refractivity contribution in [1.29, 1.82) is 0 Å². The maximum atomic E-state index is 13.9. The van der Waals surface area contributed by atoms with Crippen LogP contribution in [0, 0.1) is 13.8 Å². The maximum Gasteiger partial charge on any atom is 0.261 e. The molecule has 0 spiro atoms. The van der Waals surface area contributed by atoms with Crippen LogP contribution in [-0.4, -0.2) is 36.9 Å². The van der Waals surface area contributed by atoms with Crippen molar-refractivity contribution in [3.8, 4) is 5.75 Å². The van der Waals surface area contributed by atoms with E-state index in [9.17, 15) is 14.4 Å². The Balaban J connectivity index is 2.11. The van der Waals surface area contributed by atoms with Crippen molar-refractivity contribution in [2.24, 2.45) is 0 Å². The molecule has 0 radical (unpaired) electrons. The molecule has 0 saturated heterocycles. The molecular weight excluding hydrogens is 486 g/mol. The van der Waals surface area contributed by atoms with Gasteiger partial charge in [0, 0.05) is 11.2 Å². The first kappa shape index (κ1) is 27.9. The van der Waals surface area contributed by atoms with Gasteiger partial charge in [-0.1, -0.05) is 37.3 Å². The lowest BCUT2D eigenvalue weighted by atomic mass is 9.97. The third kappa shape index (κ3) is 6.98. The van der Waals surface area contributed by atoms with Crippen LogP contribution >= 0.6 is 11.3 Å². The van der Waals surface area contributed by atoms with Gasteiger partial charge >= 0.3 is 0 Å². The average Bonchev–Trinajstić information content (AvgIpc) is 3.42. The van der Waals surface area contributed by atoms with Gasteiger partial charge in [0.25, 0.3) is 5.91 Å². The molecule has 0 aliphatic carbocycles. The fourth-order valence-corrected chi connectivity index (χ4v) is 4.49. The lowest BCUT2D eigenvalue weighted by Gasteiger charge is -2.35. The van der Waals surface area contributed by atoms with Gasteiger partial charge in [-0.05, 0) is 80.5 Å². The zero-order chi connectivity index (χ0) is 27.2. The Morgan fingerprint density at radius 2 is 1.81 bits per heavy atom. The molecule has 3 rings (SSSR count). The number of hydrogen-bond acceptors (Lipinski definition) is 5. The van der Waals surface area contributed by atoms with Crippen LogP contribution in [0.1, 0.15) is 59.6 Å². The number of benzene rings is 2. The lowest BCUT2D eigenvalue weighted by Crippen LogP contribution is -2.52. The van der Waals surface area contributed by atoms with E-state index in [2.05, 4.69) is 10.6 Å². The van der Waals surface area contributed by atoms with Crippen molar-refractivity contribution in [1.82, 2.24) is 10.6 Å². The molecule has 1 unspecified atom stereocenters. The van der Waals surface area contributed by atoms with E-state index in [0.717, 1.165) is 11.1 Å². The van der Waals surface area contributed by atoms with Crippen LogP contribution in [0.5, 0.6) is 5.75 Å². The SMILES string of the molecule is CCC(C)(C)NC(=O)C(c1cccc(OC)c1)N(C(=O)CNC(=O)c1cccs1)c1cc(C)ccc1C. The highest BCUT2D eigenvalue weighted by Gasteiger charge is 2.36. The number of nitrogens with one attached hydrogen (secondary N) is 2. The molecule has 0 bridgehead atoms. The number of aryl methyl sites for hydroxylation is 2. The number of anilines is 1. The number of rotatable bonds is 10. The lowest BCUT2D eigenvalue weighted by molar-refractivity contribution is -0.127. The fraction of sp³-hybridized carbons (Fsp3) is 0.345. The number of ether oxygens (including phenoxy) is 1. The van der Waals surface area contributed by atoms with E-state index in [1.165, 1.54) is 16.2 Å². The van der Waals surface area contributed by atoms with Crippen molar-refractivity contribution >= 4 is 34.7 Å². The number of thiophene rings is 1. The van der Waals surface area contributed by atoms with E-state index >= 15 is 0 Å². The van der Waals surface area contributed by atoms with Crippen LogP contribution < -0.4 is 20.3 Å². The molecule has 37 heavy (non-hydrogen) atoms. The van der Waals surface area contributed by atoms with Gasteiger partial charge in [0.2, 0.25) is 11.8 Å². The van der Waals surface area contributed by atoms with Gasteiger partial charge in [-0.25, -0.2) is 0 Å². The number of carbonyl (C=O) groups excluding carboxylic acids is 3. The van der Waals surface area contributed by atoms with E-state index in [4.69, 9.17) is 4.74 Å². The summed E-state index contributed by atoms with van der Waals surface area (Å²) in [7, 11) is 1.56. The van der Waals surface area contributed by atoms with Crippen LogP contribution in [0.2, 0.25) is 0 Å². The first-order valence-electron chi connectivity index (χ1n) is 12.2. The van der Waals surface area contributed by atoms with Gasteiger partial charge in [-0.15, -0.1) is 11.3 Å². The molecule has 3 amide bonds. The highest BCUT2D eigenvalue weighted by atomic mass is 32.1. The van der Waals surface area contributed by atoms with Crippen molar-refractivity contribution in [2.75, 3.05) is 18.6 Å². The summed E-state index contributed by atoms with van der Waals surface area (Å²) in [4.78, 5) is 42.4. The maximum absolute atomic E-state index is 13.9. The van der Waals surface area contributed by atoms with Crippen LogP contribution in [0.3, 0.4) is 0 Å². The van der Waals surface area contributed by atoms with Crippen molar-refractivity contribution < 1.29 is 19.1 Å². The molecule has 7 nitrogen and oxygen atoms in total. The van der Waals surface area contributed by atoms with Gasteiger partial charge in [-0.3, -0.25) is 19.3 Å². The topological polar surface area (TPSA) is 87.7 Å². The zero-order valence-corrected chi connectivity index (χ0v) is 23.1. The normalized spacial score (nSPS) is 11.9. The van der Waals surface area contributed by atoms with E-state index in [-0.39, 0.29) is 18.4 Å². The predicted octanol–water partition coefficient (Wildman–Crippen LogP) is 5.18. The molecular formula is C29H35N3O4S. The van der Waals surface area contributed by atoms with Crippen LogP contribution in [0.4, 0.5) is 5.69 Å². The monoisotopic (exact) mass is 521 g/mol. The second kappa shape index (κ2) is 12.1. The summed E-state index contributed by atoms with van der Waals surface area (Å²) < 4.78 is 5.42. The van der Waals surface area contributed by atoms with Crippen LogP contribution in [0.25, 0.3) is 0 Å². The Morgan fingerprint density at radius 1 is 1.05 bits per heavy atom. The first-order chi connectivity index (χ1) is 17.6. The van der Waals surface area contributed by atoms with E-state index in [1.807, 2.05) is 52.8 Å². The van der Waals surface area contributed by atoms with Crippen molar-refractivity contribution in [2.45, 2.75) is 52.6 Å². The number of methoxy groups -OCH3 is 1. The highest BCUT2D eigenvalue weighted by molar-refractivity contribution is 7.12. The summed E-state index contributed by atoms with van der Waals surface area (Å²) in [6.07, 6.45) is 0.706. The molecule has 0 aliphatic heterocycles. The fourth-order valence-electron chi connectivity index (χ4n) is 3.85. The van der Waals surface area contributed by atoms with Crippen LogP contribution in [0.15, 0.2) is 60.0 Å². The summed E-state index contributed by atoms with van der Waals surface area (Å²) in [5, 5.41) is 7.63. The number of carbonyl (C=O) groups is 3. The van der Waals surface area contributed by atoms with Gasteiger partial charge in [0.15, 0.2) is 0 Å². The quantitative estimate of drug-likeness (QED) is 0.385. The van der Waals surface area contributed by atoms with E-state index in [1.54, 1.807) is 48.9 Å². The van der Waals surface area contributed by atoms with Gasteiger partial charge in [-0.2, -0.15) is 0 Å². The Bertz CT molecular complexity index is 1250. The second-order valence-corrected chi connectivity index (χ2v) is 10.6. The predicted molar refractivity (Wildman–Crippen MR) is 148 cm³/mol. The van der Waals surface area contributed by atoms with Crippen LogP contribution in [-0.2, 0) is 9.59 Å². The Kier molecular flexibility index (Phi) is 9.10. The molecule has 0 aliphatic rings. The molecule has 1 atom stereocenters. The Morgan fingerprint density at radius 3 is 2.46 bits per heavy atom. The van der Waals surface area contributed by atoms with E-state index in [0.29, 0.717) is 28.3 Å². The third-order valence-electron chi connectivity index (χ3n) is 6.30. The van der Waals surface area contributed by atoms with E-state index < -0.39 is 17.5 Å². The minimum Gasteiger partial charge on any atom is -0.497 e. The summed E-state index contributed by atoms with van der Waals surface area (Å²) in [6.45, 7) is 9.45.